The van der Waals surface area contributed by atoms with Gasteiger partial charge in [-0.25, -0.2) is 0 Å². The standard InChI is InChI=1S/C27H32N6O/c1-18(26-30-28-17-31(26)2)20-7-6-8-22(13-20)33-16-24(19-9-10-19)23-14-21(29-25(23)27(33)34)15-32-11-4-3-5-12-32/h6-8,13-14,16-19,29H,3-5,9-12,15H2,1-2H3. The number of aromatic amines is 1. The molecule has 1 N–H and O–H groups in total. The predicted molar refractivity (Wildman–Crippen MR) is 134 cm³/mol. The second-order valence-electron chi connectivity index (χ2n) is 10.1. The minimum absolute atomic E-state index is 0.0211. The summed E-state index contributed by atoms with van der Waals surface area (Å²) >= 11 is 0. The van der Waals surface area contributed by atoms with E-state index in [0.717, 1.165) is 53.3 Å². The highest BCUT2D eigenvalue weighted by molar-refractivity contribution is 5.84. The fraction of sp³-hybridized carbons (Fsp3) is 0.444. The number of fused-ring (bicyclic) bond motifs is 1. The molecule has 1 saturated carbocycles. The molecule has 7 nitrogen and oxygen atoms in total. The van der Waals surface area contributed by atoms with Gasteiger partial charge in [0.05, 0.1) is 0 Å². The Balaban J connectivity index is 1.41. The van der Waals surface area contributed by atoms with Crippen molar-refractivity contribution in [3.8, 4) is 5.69 Å². The lowest BCUT2D eigenvalue weighted by Gasteiger charge is -2.25. The van der Waals surface area contributed by atoms with E-state index in [9.17, 15) is 4.79 Å². The van der Waals surface area contributed by atoms with Crippen LogP contribution in [0.1, 0.15) is 73.5 Å². The van der Waals surface area contributed by atoms with Gasteiger partial charge < -0.3 is 9.55 Å². The number of hydrogen-bond acceptors (Lipinski definition) is 4. The second-order valence-corrected chi connectivity index (χ2v) is 10.1. The lowest BCUT2D eigenvalue weighted by Crippen LogP contribution is -2.29. The van der Waals surface area contributed by atoms with Gasteiger partial charge in [0, 0.05) is 42.5 Å². The molecule has 7 heteroatoms. The highest BCUT2D eigenvalue weighted by atomic mass is 16.1. The first-order valence-electron chi connectivity index (χ1n) is 12.5. The fourth-order valence-electron chi connectivity index (χ4n) is 5.43. The quantitative estimate of drug-likeness (QED) is 0.465. The number of likely N-dealkylation sites (tertiary alicyclic amines) is 1. The molecule has 4 heterocycles. The van der Waals surface area contributed by atoms with Crippen LogP contribution in [0.15, 0.2) is 47.7 Å². The zero-order valence-corrected chi connectivity index (χ0v) is 20.0. The highest BCUT2D eigenvalue weighted by Crippen LogP contribution is 2.43. The third kappa shape index (κ3) is 3.88. The lowest BCUT2D eigenvalue weighted by molar-refractivity contribution is 0.219. The van der Waals surface area contributed by atoms with Gasteiger partial charge in [-0.15, -0.1) is 10.2 Å². The van der Waals surface area contributed by atoms with Crippen molar-refractivity contribution in [1.82, 2.24) is 29.2 Å². The SMILES string of the molecule is CC(c1cccc(-n2cc(C3CC3)c3cc(CN4CCCCC4)[nH]c3c2=O)c1)c1nncn1C. The van der Waals surface area contributed by atoms with Crippen molar-refractivity contribution >= 4 is 10.9 Å². The van der Waals surface area contributed by atoms with Gasteiger partial charge in [-0.05, 0) is 74.0 Å². The summed E-state index contributed by atoms with van der Waals surface area (Å²) in [7, 11) is 1.96. The largest absolute Gasteiger partial charge is 0.353 e. The maximum Gasteiger partial charge on any atom is 0.279 e. The van der Waals surface area contributed by atoms with E-state index in [4.69, 9.17) is 0 Å². The number of aromatic nitrogens is 5. The Bertz CT molecular complexity index is 1390. The maximum atomic E-state index is 13.7. The van der Waals surface area contributed by atoms with Crippen LogP contribution in [0.3, 0.4) is 0 Å². The Kier molecular flexibility index (Phi) is 5.37. The third-order valence-electron chi connectivity index (χ3n) is 7.53. The van der Waals surface area contributed by atoms with Crippen molar-refractivity contribution in [2.75, 3.05) is 13.1 Å². The van der Waals surface area contributed by atoms with Crippen LogP contribution in [0.2, 0.25) is 0 Å². The Hall–Kier alpha value is -3.19. The maximum absolute atomic E-state index is 13.7. The van der Waals surface area contributed by atoms with Crippen molar-refractivity contribution in [3.05, 3.63) is 75.9 Å². The number of hydrogen-bond donors (Lipinski definition) is 1. The van der Waals surface area contributed by atoms with Crippen LogP contribution in [0.25, 0.3) is 16.6 Å². The van der Waals surface area contributed by atoms with Crippen LogP contribution in [0.4, 0.5) is 0 Å². The van der Waals surface area contributed by atoms with E-state index in [1.165, 1.54) is 37.7 Å². The molecule has 0 amide bonds. The zero-order valence-electron chi connectivity index (χ0n) is 20.0. The van der Waals surface area contributed by atoms with Crippen LogP contribution in [0.5, 0.6) is 0 Å². The molecule has 1 aliphatic heterocycles. The van der Waals surface area contributed by atoms with Crippen molar-refractivity contribution < 1.29 is 0 Å². The summed E-state index contributed by atoms with van der Waals surface area (Å²) in [6.07, 6.45) is 10.1. The molecule has 3 aromatic heterocycles. The van der Waals surface area contributed by atoms with E-state index in [-0.39, 0.29) is 11.5 Å². The molecule has 1 saturated heterocycles. The highest BCUT2D eigenvalue weighted by Gasteiger charge is 2.28. The summed E-state index contributed by atoms with van der Waals surface area (Å²) in [6.45, 7) is 5.31. The lowest BCUT2D eigenvalue weighted by atomic mass is 9.99. The minimum Gasteiger partial charge on any atom is -0.353 e. The average Bonchev–Trinajstić information content (AvgIpc) is 3.47. The molecule has 0 radical (unpaired) electrons. The summed E-state index contributed by atoms with van der Waals surface area (Å²) in [4.78, 5) is 19.7. The molecule has 0 bridgehead atoms. The average molecular weight is 457 g/mol. The first kappa shape index (κ1) is 21.4. The van der Waals surface area contributed by atoms with Crippen LogP contribution >= 0.6 is 0 Å². The van der Waals surface area contributed by atoms with Gasteiger partial charge in [0.1, 0.15) is 17.7 Å². The summed E-state index contributed by atoms with van der Waals surface area (Å²) in [5, 5.41) is 9.42. The van der Waals surface area contributed by atoms with Gasteiger partial charge in [0.25, 0.3) is 5.56 Å². The van der Waals surface area contributed by atoms with Gasteiger partial charge in [-0.1, -0.05) is 25.5 Å². The molecule has 6 rings (SSSR count). The Labute approximate surface area is 199 Å². The van der Waals surface area contributed by atoms with E-state index in [1.807, 2.05) is 28.3 Å². The number of nitrogens with zero attached hydrogens (tertiary/aromatic N) is 5. The Morgan fingerprint density at radius 3 is 2.71 bits per heavy atom. The normalized spacial score (nSPS) is 17.9. The van der Waals surface area contributed by atoms with Gasteiger partial charge in [-0.2, -0.15) is 0 Å². The number of benzene rings is 1. The van der Waals surface area contributed by atoms with Gasteiger partial charge in [-0.3, -0.25) is 14.3 Å². The first-order chi connectivity index (χ1) is 16.6. The number of pyridine rings is 1. The zero-order chi connectivity index (χ0) is 23.2. The summed E-state index contributed by atoms with van der Waals surface area (Å²) < 4.78 is 3.79. The second kappa shape index (κ2) is 8.55. The smallest absolute Gasteiger partial charge is 0.279 e. The van der Waals surface area contributed by atoms with E-state index >= 15 is 0 Å². The molecular formula is C27H32N6O. The minimum atomic E-state index is 0.0211. The molecule has 2 aliphatic rings. The molecule has 1 aromatic carbocycles. The molecule has 1 unspecified atom stereocenters. The van der Waals surface area contributed by atoms with Gasteiger partial charge >= 0.3 is 0 Å². The van der Waals surface area contributed by atoms with E-state index in [2.05, 4.69) is 51.4 Å². The topological polar surface area (TPSA) is 71.7 Å². The fourth-order valence-corrected chi connectivity index (χ4v) is 5.43. The molecule has 34 heavy (non-hydrogen) atoms. The van der Waals surface area contributed by atoms with Gasteiger partial charge in [0.15, 0.2) is 0 Å². The number of rotatable bonds is 6. The number of piperidine rings is 1. The van der Waals surface area contributed by atoms with Crippen molar-refractivity contribution in [1.29, 1.82) is 0 Å². The predicted octanol–water partition coefficient (Wildman–Crippen LogP) is 4.46. The third-order valence-corrected chi connectivity index (χ3v) is 7.53. The summed E-state index contributed by atoms with van der Waals surface area (Å²) in [5.74, 6) is 1.54. The molecular weight excluding hydrogens is 424 g/mol. The summed E-state index contributed by atoms with van der Waals surface area (Å²) in [6, 6.07) is 10.5. The molecule has 2 fully saturated rings. The van der Waals surface area contributed by atoms with Crippen molar-refractivity contribution in [3.63, 3.8) is 0 Å². The van der Waals surface area contributed by atoms with E-state index < -0.39 is 0 Å². The Morgan fingerprint density at radius 2 is 1.97 bits per heavy atom. The first-order valence-corrected chi connectivity index (χ1v) is 12.5. The number of aryl methyl sites for hydroxylation is 1. The van der Waals surface area contributed by atoms with Crippen LogP contribution in [-0.2, 0) is 13.6 Å². The van der Waals surface area contributed by atoms with Crippen molar-refractivity contribution in [2.45, 2.75) is 57.4 Å². The summed E-state index contributed by atoms with van der Waals surface area (Å²) in [5.41, 5.74) is 5.22. The Morgan fingerprint density at radius 1 is 1.15 bits per heavy atom. The number of nitrogens with one attached hydrogen (secondary N) is 1. The number of H-pyrrole nitrogens is 1. The van der Waals surface area contributed by atoms with E-state index in [1.54, 1.807) is 6.33 Å². The molecule has 1 atom stereocenters. The monoisotopic (exact) mass is 456 g/mol. The molecule has 4 aromatic rings. The molecule has 176 valence electrons. The van der Waals surface area contributed by atoms with Crippen LogP contribution < -0.4 is 5.56 Å². The molecule has 1 aliphatic carbocycles. The van der Waals surface area contributed by atoms with E-state index in [0.29, 0.717) is 5.92 Å². The molecule has 0 spiro atoms. The van der Waals surface area contributed by atoms with Gasteiger partial charge in [0.2, 0.25) is 0 Å². The van der Waals surface area contributed by atoms with Crippen molar-refractivity contribution in [2.24, 2.45) is 7.05 Å². The van der Waals surface area contributed by atoms with Crippen LogP contribution in [-0.4, -0.2) is 42.3 Å². The van der Waals surface area contributed by atoms with Crippen LogP contribution in [0, 0.1) is 0 Å².